The average Bonchev–Trinajstić information content (AvgIpc) is 2.88. The molecule has 0 aromatic carbocycles. The molecule has 26 heteroatoms. The van der Waals surface area contributed by atoms with Crippen LogP contribution in [0.2, 0.25) is 0 Å². The zero-order valence-electron chi connectivity index (χ0n) is 22.2. The first kappa shape index (κ1) is 39.7. The first-order valence-corrected chi connectivity index (χ1v) is 14.6. The molecule has 0 saturated heterocycles. The van der Waals surface area contributed by atoms with Crippen molar-refractivity contribution >= 4 is 35.7 Å². The number of carbonyl (C=O) groups excluding carboxylic acids is 1. The number of methoxy groups -OCH3 is 1. The molecule has 0 rings (SSSR count). The summed E-state index contributed by atoms with van der Waals surface area (Å²) in [5.74, 6) is -0.684. The monoisotopic (exact) mass is 671 g/mol. The minimum atomic E-state index is -5.52. The highest BCUT2D eigenvalue weighted by atomic mass is 31.3. The van der Waals surface area contributed by atoms with Crippen LogP contribution in [0.5, 0.6) is 0 Å². The lowest BCUT2D eigenvalue weighted by Gasteiger charge is -2.30. The third-order valence-corrected chi connectivity index (χ3v) is 8.93. The minimum Gasteiger partial charge on any atom is -0.386 e. The van der Waals surface area contributed by atoms with Gasteiger partial charge in [0.15, 0.2) is 6.23 Å². The number of phosphoric acid groups is 3. The molecule has 0 spiro atoms. The molecule has 0 bridgehead atoms. The molecule has 242 valence electrons. The van der Waals surface area contributed by atoms with Crippen molar-refractivity contribution in [2.75, 3.05) is 49.2 Å². The lowest BCUT2D eigenvalue weighted by molar-refractivity contribution is -0.258. The van der Waals surface area contributed by atoms with Crippen molar-refractivity contribution in [1.29, 1.82) is 0 Å². The SMILES string of the molecule is CN=C(N)/C(=C\N(C=O)C(O)C(O)C(COP(=O)(OOC)OP(=O)(OOC)OP(=O)(OOC)OOC)OC)C(F)F. The molecular weight excluding hydrogens is 641 g/mol. The number of amidine groups is 1. The van der Waals surface area contributed by atoms with Gasteiger partial charge >= 0.3 is 23.5 Å². The van der Waals surface area contributed by atoms with Crippen LogP contribution in [0.15, 0.2) is 16.8 Å². The number of aliphatic hydroxyl groups excluding tert-OH is 2. The second-order valence-electron chi connectivity index (χ2n) is 6.49. The van der Waals surface area contributed by atoms with E-state index < -0.39 is 66.3 Å². The lowest BCUT2D eigenvalue weighted by Crippen LogP contribution is -2.48. The third-order valence-electron chi connectivity index (χ3n) is 3.94. The van der Waals surface area contributed by atoms with Crippen LogP contribution in [0.4, 0.5) is 8.78 Å². The van der Waals surface area contributed by atoms with Crippen LogP contribution in [-0.2, 0) is 74.6 Å². The zero-order valence-corrected chi connectivity index (χ0v) is 24.9. The van der Waals surface area contributed by atoms with Gasteiger partial charge in [0.05, 0.1) is 40.6 Å². The highest BCUT2D eigenvalue weighted by molar-refractivity contribution is 7.67. The molecule has 0 aliphatic carbocycles. The van der Waals surface area contributed by atoms with E-state index in [1.165, 1.54) is 0 Å². The number of aliphatic hydroxyl groups is 2. The Morgan fingerprint density at radius 3 is 1.78 bits per heavy atom. The van der Waals surface area contributed by atoms with Gasteiger partial charge in [0.25, 0.3) is 6.43 Å². The Bertz CT molecular complexity index is 996. The second-order valence-corrected chi connectivity index (χ2v) is 11.3. The van der Waals surface area contributed by atoms with Crippen LogP contribution >= 0.6 is 23.5 Å². The normalized spacial score (nSPS) is 18.4. The van der Waals surface area contributed by atoms with E-state index in [0.717, 1.165) is 42.6 Å². The Labute approximate surface area is 231 Å². The van der Waals surface area contributed by atoms with E-state index in [1.807, 2.05) is 0 Å². The van der Waals surface area contributed by atoms with Crippen molar-refractivity contribution < 1.29 is 93.6 Å². The van der Waals surface area contributed by atoms with Gasteiger partial charge in [-0.25, -0.2) is 42.0 Å². The highest BCUT2D eigenvalue weighted by Crippen LogP contribution is 2.73. The van der Waals surface area contributed by atoms with E-state index in [0.29, 0.717) is 6.20 Å². The van der Waals surface area contributed by atoms with Crippen LogP contribution in [0.25, 0.3) is 0 Å². The summed E-state index contributed by atoms with van der Waals surface area (Å²) in [5.41, 5.74) is 4.37. The predicted molar refractivity (Wildman–Crippen MR) is 126 cm³/mol. The molecule has 4 N–H and O–H groups in total. The largest absolute Gasteiger partial charge is 0.538 e. The second kappa shape index (κ2) is 19.1. The maximum Gasteiger partial charge on any atom is 0.538 e. The van der Waals surface area contributed by atoms with Crippen molar-refractivity contribution in [2.24, 2.45) is 10.7 Å². The number of hydrogen-bond acceptors (Lipinski definition) is 19. The number of rotatable bonds is 23. The van der Waals surface area contributed by atoms with Crippen LogP contribution in [0, 0.1) is 0 Å². The van der Waals surface area contributed by atoms with Crippen molar-refractivity contribution in [3.63, 3.8) is 0 Å². The van der Waals surface area contributed by atoms with Crippen molar-refractivity contribution in [3.05, 3.63) is 11.8 Å². The summed E-state index contributed by atoms with van der Waals surface area (Å²) in [4.78, 5) is 31.6. The maximum absolute atomic E-state index is 13.3. The number of ether oxygens (including phenoxy) is 1. The number of nitrogens with zero attached hydrogens (tertiary/aromatic N) is 2. The van der Waals surface area contributed by atoms with Gasteiger partial charge in [-0.3, -0.25) is 19.2 Å². The minimum absolute atomic E-state index is 0.146. The van der Waals surface area contributed by atoms with Crippen LogP contribution in [0.1, 0.15) is 0 Å². The Balaban J connectivity index is 6.02. The molecule has 0 saturated carbocycles. The fourth-order valence-corrected chi connectivity index (χ4v) is 6.49. The number of carbonyl (C=O) groups is 1. The van der Waals surface area contributed by atoms with Gasteiger partial charge in [-0.05, 0) is 0 Å². The summed E-state index contributed by atoms with van der Waals surface area (Å²) in [6.07, 6.45) is -9.26. The molecule has 0 radical (unpaired) electrons. The Kier molecular flexibility index (Phi) is 18.4. The fourth-order valence-electron chi connectivity index (χ4n) is 2.28. The molecular formula is C15H30F2N3O18P3. The quantitative estimate of drug-likeness (QED) is 0.0260. The summed E-state index contributed by atoms with van der Waals surface area (Å²) < 4.78 is 101. The zero-order chi connectivity index (χ0) is 31.9. The van der Waals surface area contributed by atoms with E-state index in [4.69, 9.17) is 15.0 Å². The Morgan fingerprint density at radius 2 is 1.37 bits per heavy atom. The summed E-state index contributed by atoms with van der Waals surface area (Å²) in [6, 6.07) is 0. The molecule has 0 aliphatic heterocycles. The number of alkyl halides is 2. The molecule has 0 aliphatic rings. The Morgan fingerprint density at radius 1 is 0.902 bits per heavy atom. The van der Waals surface area contributed by atoms with Gasteiger partial charge in [0.2, 0.25) is 6.41 Å². The highest BCUT2D eigenvalue weighted by Gasteiger charge is 2.50. The summed E-state index contributed by atoms with van der Waals surface area (Å²) in [5, 5.41) is 20.9. The molecule has 1 amide bonds. The standard InChI is InChI=1S/C15H30F2N3O18P3/c1-19-14(18)10(13(16)17)7-20(9-21)15(23)12(22)11(27-2)8-32-39(24,33-28-3)37-41(26,36-31-6)38-40(25,34-29-4)35-30-5/h7,9,11-13,15,22-23H,8H2,1-6H3,(H2,18,19)/b10-7-. The van der Waals surface area contributed by atoms with Crippen LogP contribution in [0.3, 0.4) is 0 Å². The van der Waals surface area contributed by atoms with Crippen LogP contribution in [-0.4, -0.2) is 101 Å². The molecule has 0 heterocycles. The summed E-state index contributed by atoms with van der Waals surface area (Å²) in [6.45, 7) is -1.11. The summed E-state index contributed by atoms with van der Waals surface area (Å²) in [7, 11) is -10.8. The molecule has 0 fully saturated rings. The van der Waals surface area contributed by atoms with Gasteiger partial charge in [0, 0.05) is 20.4 Å². The van der Waals surface area contributed by atoms with Crippen LogP contribution < -0.4 is 5.73 Å². The fraction of sp³-hybridized carbons (Fsp3) is 0.733. The third kappa shape index (κ3) is 13.2. The van der Waals surface area contributed by atoms with E-state index in [1.54, 1.807) is 0 Å². The first-order valence-electron chi connectivity index (χ1n) is 10.2. The number of halogens is 2. The van der Waals surface area contributed by atoms with E-state index in [9.17, 15) is 37.5 Å². The first-order chi connectivity index (χ1) is 19.1. The number of amides is 1. The lowest BCUT2D eigenvalue weighted by atomic mass is 10.1. The number of aliphatic imine (C=N–C) groups is 1. The van der Waals surface area contributed by atoms with Gasteiger partial charge in [-0.15, -0.1) is 18.7 Å². The molecule has 0 aromatic rings. The van der Waals surface area contributed by atoms with Gasteiger partial charge in [-0.2, -0.15) is 8.62 Å². The van der Waals surface area contributed by atoms with Crippen molar-refractivity contribution in [2.45, 2.75) is 24.9 Å². The predicted octanol–water partition coefficient (Wildman–Crippen LogP) is 0.961. The van der Waals surface area contributed by atoms with Gasteiger partial charge in [0.1, 0.15) is 18.0 Å². The molecule has 21 nitrogen and oxygen atoms in total. The molecule has 5 atom stereocenters. The number of hydrogen-bond donors (Lipinski definition) is 3. The Hall–Kier alpha value is -1.33. The van der Waals surface area contributed by atoms with Crippen molar-refractivity contribution in [1.82, 2.24) is 4.90 Å². The molecule has 5 unspecified atom stereocenters. The van der Waals surface area contributed by atoms with E-state index in [2.05, 4.69) is 51.9 Å². The smallest absolute Gasteiger partial charge is 0.386 e. The number of nitrogens with two attached hydrogens (primary N) is 1. The average molecular weight is 671 g/mol. The van der Waals surface area contributed by atoms with Gasteiger partial charge in [-0.1, -0.05) is 0 Å². The maximum atomic E-state index is 13.3. The van der Waals surface area contributed by atoms with Crippen molar-refractivity contribution in [3.8, 4) is 0 Å². The molecule has 0 aromatic heterocycles. The van der Waals surface area contributed by atoms with Gasteiger partial charge < -0.3 is 20.7 Å². The van der Waals surface area contributed by atoms with E-state index in [-0.39, 0.29) is 11.3 Å². The van der Waals surface area contributed by atoms with E-state index >= 15 is 0 Å². The summed E-state index contributed by atoms with van der Waals surface area (Å²) >= 11 is 0. The topological polar surface area (TPSA) is 261 Å². The molecule has 41 heavy (non-hydrogen) atoms.